The number of hydrogen-bond acceptors (Lipinski definition) is 3. The van der Waals surface area contributed by atoms with Crippen LogP contribution in [0.5, 0.6) is 5.75 Å². The highest BCUT2D eigenvalue weighted by Crippen LogP contribution is 2.24. The Morgan fingerprint density at radius 2 is 2.05 bits per heavy atom. The molecule has 1 N–H and O–H groups in total. The van der Waals surface area contributed by atoms with E-state index >= 15 is 0 Å². The molecule has 3 nitrogen and oxygen atoms in total. The molecule has 0 amide bonds. The molecule has 21 heavy (non-hydrogen) atoms. The number of aromatic nitrogens is 1. The summed E-state index contributed by atoms with van der Waals surface area (Å²) in [5, 5.41) is 3.26. The van der Waals surface area contributed by atoms with Crippen LogP contribution in [0, 0.1) is 6.92 Å². The highest BCUT2D eigenvalue weighted by Gasteiger charge is 2.06. The van der Waals surface area contributed by atoms with Crippen LogP contribution in [0.25, 0.3) is 0 Å². The second kappa shape index (κ2) is 7.11. The van der Waals surface area contributed by atoms with E-state index in [0.29, 0.717) is 12.5 Å². The Hall–Kier alpha value is -2.03. The van der Waals surface area contributed by atoms with Gasteiger partial charge in [0.2, 0.25) is 0 Å². The Bertz CT molecular complexity index is 594. The fraction of sp³-hybridized carbons (Fsp3) is 0.389. The van der Waals surface area contributed by atoms with Crippen molar-refractivity contribution in [2.45, 2.75) is 40.2 Å². The van der Waals surface area contributed by atoms with E-state index in [1.807, 2.05) is 18.2 Å². The maximum absolute atomic E-state index is 5.91. The summed E-state index contributed by atoms with van der Waals surface area (Å²) in [6.07, 6.45) is 1.79. The van der Waals surface area contributed by atoms with Crippen molar-refractivity contribution in [2.75, 3.05) is 11.9 Å². The molecular weight excluding hydrogens is 260 g/mol. The quantitative estimate of drug-likeness (QED) is 0.846. The van der Waals surface area contributed by atoms with Gasteiger partial charge < -0.3 is 10.1 Å². The van der Waals surface area contributed by atoms with Gasteiger partial charge in [-0.25, -0.2) is 4.98 Å². The number of nitrogens with zero attached hydrogens (tertiary/aromatic N) is 1. The van der Waals surface area contributed by atoms with Crippen LogP contribution < -0.4 is 10.1 Å². The number of benzene rings is 1. The summed E-state index contributed by atoms with van der Waals surface area (Å²) in [5.74, 6) is 2.34. The highest BCUT2D eigenvalue weighted by atomic mass is 16.5. The first-order valence-electron chi connectivity index (χ1n) is 7.53. The van der Waals surface area contributed by atoms with Gasteiger partial charge in [0.05, 0.1) is 0 Å². The molecule has 1 aromatic carbocycles. The molecule has 0 radical (unpaired) electrons. The highest BCUT2D eigenvalue weighted by molar-refractivity contribution is 5.43. The van der Waals surface area contributed by atoms with E-state index in [0.717, 1.165) is 23.7 Å². The fourth-order valence-electron chi connectivity index (χ4n) is 2.43. The third-order valence-electron chi connectivity index (χ3n) is 3.49. The molecule has 0 spiro atoms. The van der Waals surface area contributed by atoms with Crippen LogP contribution in [0.2, 0.25) is 0 Å². The smallest absolute Gasteiger partial charge is 0.132 e. The molecule has 0 bridgehead atoms. The minimum atomic E-state index is 0.524. The number of hydrogen-bond donors (Lipinski definition) is 1. The molecular formula is C18H24N2O. The lowest BCUT2D eigenvalue weighted by molar-refractivity contribution is 0.306. The Labute approximate surface area is 127 Å². The lowest BCUT2D eigenvalue weighted by Crippen LogP contribution is -2.05. The predicted octanol–water partition coefficient (Wildman–Crippen LogP) is 4.52. The molecule has 0 atom stereocenters. The standard InChI is InChI=1S/C18H24N2O/c1-5-19-18-15(7-6-10-20-18)12-21-16-8-9-17(13(2)3)14(4)11-16/h6-11,13H,5,12H2,1-4H3,(H,19,20). The summed E-state index contributed by atoms with van der Waals surface area (Å²) in [5.41, 5.74) is 3.72. The maximum atomic E-state index is 5.91. The Morgan fingerprint density at radius 3 is 2.71 bits per heavy atom. The molecule has 3 heteroatoms. The second-order valence-corrected chi connectivity index (χ2v) is 5.50. The third kappa shape index (κ3) is 3.97. The SMILES string of the molecule is CCNc1ncccc1COc1ccc(C(C)C)c(C)c1. The minimum Gasteiger partial charge on any atom is -0.489 e. The molecule has 0 aliphatic rings. The molecule has 0 aliphatic heterocycles. The van der Waals surface area contributed by atoms with E-state index in [4.69, 9.17) is 4.74 Å². The van der Waals surface area contributed by atoms with Gasteiger partial charge in [-0.3, -0.25) is 0 Å². The molecule has 0 unspecified atom stereocenters. The minimum absolute atomic E-state index is 0.524. The average Bonchev–Trinajstić information content (AvgIpc) is 2.46. The van der Waals surface area contributed by atoms with E-state index in [1.165, 1.54) is 11.1 Å². The molecule has 112 valence electrons. The molecule has 2 aromatic rings. The molecule has 0 saturated carbocycles. The summed E-state index contributed by atoms with van der Waals surface area (Å²) in [6.45, 7) is 9.99. The number of nitrogens with one attached hydrogen (secondary N) is 1. The van der Waals surface area contributed by atoms with Crippen molar-refractivity contribution >= 4 is 5.82 Å². The molecule has 1 aromatic heterocycles. The van der Waals surface area contributed by atoms with E-state index in [9.17, 15) is 0 Å². The number of anilines is 1. The van der Waals surface area contributed by atoms with Crippen molar-refractivity contribution in [3.63, 3.8) is 0 Å². The van der Waals surface area contributed by atoms with Crippen LogP contribution in [0.3, 0.4) is 0 Å². The lowest BCUT2D eigenvalue weighted by Gasteiger charge is -2.14. The Morgan fingerprint density at radius 1 is 1.24 bits per heavy atom. The summed E-state index contributed by atoms with van der Waals surface area (Å²) in [7, 11) is 0. The monoisotopic (exact) mass is 284 g/mol. The van der Waals surface area contributed by atoms with Crippen molar-refractivity contribution in [2.24, 2.45) is 0 Å². The maximum Gasteiger partial charge on any atom is 0.132 e. The summed E-state index contributed by atoms with van der Waals surface area (Å²) in [4.78, 5) is 4.34. The van der Waals surface area contributed by atoms with E-state index in [2.05, 4.69) is 50.1 Å². The molecule has 1 heterocycles. The van der Waals surface area contributed by atoms with Gasteiger partial charge in [-0.15, -0.1) is 0 Å². The molecule has 2 rings (SSSR count). The van der Waals surface area contributed by atoms with Gasteiger partial charge in [0.1, 0.15) is 18.2 Å². The van der Waals surface area contributed by atoms with Crippen LogP contribution in [0.4, 0.5) is 5.82 Å². The zero-order valence-electron chi connectivity index (χ0n) is 13.3. The van der Waals surface area contributed by atoms with Gasteiger partial charge in [-0.05, 0) is 49.1 Å². The van der Waals surface area contributed by atoms with Crippen molar-refractivity contribution < 1.29 is 4.74 Å². The van der Waals surface area contributed by atoms with Crippen LogP contribution >= 0.6 is 0 Å². The third-order valence-corrected chi connectivity index (χ3v) is 3.49. The number of ether oxygens (including phenoxy) is 1. The van der Waals surface area contributed by atoms with Crippen LogP contribution in [-0.4, -0.2) is 11.5 Å². The van der Waals surface area contributed by atoms with Crippen LogP contribution in [-0.2, 0) is 6.61 Å². The topological polar surface area (TPSA) is 34.2 Å². The van der Waals surface area contributed by atoms with Gasteiger partial charge in [0.25, 0.3) is 0 Å². The average molecular weight is 284 g/mol. The number of aryl methyl sites for hydroxylation is 1. The first kappa shape index (κ1) is 15.4. The van der Waals surface area contributed by atoms with Crippen LogP contribution in [0.1, 0.15) is 43.4 Å². The lowest BCUT2D eigenvalue weighted by atomic mass is 9.98. The van der Waals surface area contributed by atoms with Crippen molar-refractivity contribution in [1.82, 2.24) is 4.98 Å². The van der Waals surface area contributed by atoms with E-state index in [1.54, 1.807) is 6.20 Å². The van der Waals surface area contributed by atoms with Crippen LogP contribution in [0.15, 0.2) is 36.5 Å². The van der Waals surface area contributed by atoms with Gasteiger partial charge in [-0.2, -0.15) is 0 Å². The normalized spacial score (nSPS) is 10.7. The van der Waals surface area contributed by atoms with Gasteiger partial charge in [0, 0.05) is 18.3 Å². The van der Waals surface area contributed by atoms with Crippen molar-refractivity contribution in [3.8, 4) is 5.75 Å². The molecule has 0 aliphatic carbocycles. The Balaban J connectivity index is 2.08. The van der Waals surface area contributed by atoms with Crippen molar-refractivity contribution in [3.05, 3.63) is 53.2 Å². The zero-order chi connectivity index (χ0) is 15.2. The zero-order valence-corrected chi connectivity index (χ0v) is 13.3. The van der Waals surface area contributed by atoms with Gasteiger partial charge in [0.15, 0.2) is 0 Å². The summed E-state index contributed by atoms with van der Waals surface area (Å²) < 4.78 is 5.91. The van der Waals surface area contributed by atoms with Crippen molar-refractivity contribution in [1.29, 1.82) is 0 Å². The first-order chi connectivity index (χ1) is 10.1. The van der Waals surface area contributed by atoms with Gasteiger partial charge in [-0.1, -0.05) is 26.0 Å². The molecule has 0 fully saturated rings. The largest absolute Gasteiger partial charge is 0.489 e. The van der Waals surface area contributed by atoms with Gasteiger partial charge >= 0.3 is 0 Å². The predicted molar refractivity (Wildman–Crippen MR) is 88.0 cm³/mol. The van der Waals surface area contributed by atoms with E-state index in [-0.39, 0.29) is 0 Å². The summed E-state index contributed by atoms with van der Waals surface area (Å²) >= 11 is 0. The van der Waals surface area contributed by atoms with E-state index < -0.39 is 0 Å². The molecule has 0 saturated heterocycles. The Kier molecular flexibility index (Phi) is 5.20. The fourth-order valence-corrected chi connectivity index (χ4v) is 2.43. The number of rotatable bonds is 6. The second-order valence-electron chi connectivity index (χ2n) is 5.50. The summed E-state index contributed by atoms with van der Waals surface area (Å²) in [6, 6.07) is 10.3. The first-order valence-corrected chi connectivity index (χ1v) is 7.53. The number of pyridine rings is 1.